The van der Waals surface area contributed by atoms with Crippen molar-refractivity contribution >= 4 is 9.84 Å². The van der Waals surface area contributed by atoms with Crippen LogP contribution in [0.5, 0.6) is 0 Å². The highest BCUT2D eigenvalue weighted by molar-refractivity contribution is 7.92. The molecule has 2 rings (SSSR count). The van der Waals surface area contributed by atoms with Crippen molar-refractivity contribution in [1.82, 2.24) is 0 Å². The van der Waals surface area contributed by atoms with Crippen molar-refractivity contribution in [2.45, 2.75) is 42.2 Å². The smallest absolute Gasteiger partial charge is 0.182 e. The van der Waals surface area contributed by atoms with Gasteiger partial charge in [-0.25, -0.2) is 12.8 Å². The molecule has 0 N–H and O–H groups in total. The fourth-order valence-electron chi connectivity index (χ4n) is 2.59. The van der Waals surface area contributed by atoms with E-state index in [9.17, 15) is 12.8 Å². The highest BCUT2D eigenvalue weighted by Gasteiger charge is 2.35. The van der Waals surface area contributed by atoms with Crippen molar-refractivity contribution in [3.8, 4) is 6.07 Å². The van der Waals surface area contributed by atoms with Crippen LogP contribution in [0.2, 0.25) is 0 Å². The second kappa shape index (κ2) is 5.70. The first-order chi connectivity index (χ1) is 9.05. The van der Waals surface area contributed by atoms with Gasteiger partial charge in [0.1, 0.15) is 5.82 Å². The van der Waals surface area contributed by atoms with Gasteiger partial charge in [-0.3, -0.25) is 0 Å². The van der Waals surface area contributed by atoms with E-state index in [-0.39, 0.29) is 4.90 Å². The Hall–Kier alpha value is -1.41. The Balaban J connectivity index is 2.36. The van der Waals surface area contributed by atoms with E-state index in [4.69, 9.17) is 5.26 Å². The van der Waals surface area contributed by atoms with Crippen LogP contribution in [0.4, 0.5) is 4.39 Å². The van der Waals surface area contributed by atoms with Gasteiger partial charge < -0.3 is 0 Å². The summed E-state index contributed by atoms with van der Waals surface area (Å²) in [5.41, 5.74) is 0. The number of hydrogen-bond donors (Lipinski definition) is 0. The zero-order chi connectivity index (χ0) is 13.9. The molecule has 0 saturated heterocycles. The lowest BCUT2D eigenvalue weighted by Gasteiger charge is -2.19. The molecular weight excluding hydrogens is 265 g/mol. The Bertz CT molecular complexity index is 574. The number of rotatable bonds is 2. The molecule has 1 aromatic rings. The van der Waals surface area contributed by atoms with Crippen molar-refractivity contribution in [3.63, 3.8) is 0 Å². The molecule has 102 valence electrons. The van der Waals surface area contributed by atoms with Gasteiger partial charge in [0.2, 0.25) is 0 Å². The Kier molecular flexibility index (Phi) is 4.20. The molecule has 0 aliphatic heterocycles. The molecule has 1 saturated carbocycles. The number of sulfone groups is 1. The van der Waals surface area contributed by atoms with Gasteiger partial charge >= 0.3 is 0 Å². The van der Waals surface area contributed by atoms with Crippen molar-refractivity contribution in [2.75, 3.05) is 0 Å². The molecule has 0 bridgehead atoms. The molecule has 0 aromatic heterocycles. The summed E-state index contributed by atoms with van der Waals surface area (Å²) in [5, 5.41) is 8.50. The van der Waals surface area contributed by atoms with Gasteiger partial charge in [0, 0.05) is 0 Å². The quantitative estimate of drug-likeness (QED) is 0.618. The summed E-state index contributed by atoms with van der Waals surface area (Å²) in [4.78, 5) is 0.112. The van der Waals surface area contributed by atoms with Crippen LogP contribution in [0, 0.1) is 23.1 Å². The molecule has 1 aliphatic rings. The first-order valence-electron chi connectivity index (χ1n) is 6.45. The Morgan fingerprint density at radius 1 is 1.11 bits per heavy atom. The zero-order valence-electron chi connectivity index (χ0n) is 10.5. The maximum Gasteiger partial charge on any atom is 0.182 e. The monoisotopic (exact) mass is 281 g/mol. The summed E-state index contributed by atoms with van der Waals surface area (Å²) in [6.45, 7) is 0. The van der Waals surface area contributed by atoms with Crippen molar-refractivity contribution in [3.05, 3.63) is 30.1 Å². The lowest BCUT2D eigenvalue weighted by molar-refractivity contribution is 0.523. The van der Waals surface area contributed by atoms with E-state index in [0.29, 0.717) is 12.8 Å². The lowest BCUT2D eigenvalue weighted by atomic mass is 10.0. The maximum absolute atomic E-state index is 12.9. The molecule has 0 heterocycles. The van der Waals surface area contributed by atoms with Gasteiger partial charge in [-0.15, -0.1) is 0 Å². The lowest BCUT2D eigenvalue weighted by Crippen LogP contribution is -2.28. The first kappa shape index (κ1) is 14.0. The van der Waals surface area contributed by atoms with E-state index in [1.807, 2.05) is 0 Å². The molecule has 0 radical (unpaired) electrons. The van der Waals surface area contributed by atoms with Crippen LogP contribution >= 0.6 is 0 Å². The molecule has 5 heteroatoms. The van der Waals surface area contributed by atoms with Crippen LogP contribution in [-0.4, -0.2) is 13.7 Å². The maximum atomic E-state index is 12.9. The predicted molar refractivity (Wildman–Crippen MR) is 69.6 cm³/mol. The third kappa shape index (κ3) is 2.95. The number of halogens is 1. The molecule has 0 spiro atoms. The fraction of sp³-hybridized carbons (Fsp3) is 0.500. The average Bonchev–Trinajstić information content (AvgIpc) is 2.64. The van der Waals surface area contributed by atoms with E-state index in [0.717, 1.165) is 31.4 Å². The highest BCUT2D eigenvalue weighted by atomic mass is 32.2. The second-order valence-corrected chi connectivity index (χ2v) is 7.08. The summed E-state index contributed by atoms with van der Waals surface area (Å²) in [6, 6.07) is 6.98. The van der Waals surface area contributed by atoms with Crippen molar-refractivity contribution in [2.24, 2.45) is 5.92 Å². The third-order valence-electron chi connectivity index (χ3n) is 3.66. The minimum atomic E-state index is -3.55. The number of benzene rings is 1. The first-order valence-corrected chi connectivity index (χ1v) is 7.99. The molecule has 0 amide bonds. The van der Waals surface area contributed by atoms with Crippen LogP contribution in [0.25, 0.3) is 0 Å². The normalized spacial score (nSPS) is 24.4. The molecule has 19 heavy (non-hydrogen) atoms. The predicted octanol–water partition coefficient (Wildman–Crippen LogP) is 3.07. The Morgan fingerprint density at radius 3 is 2.37 bits per heavy atom. The van der Waals surface area contributed by atoms with Crippen LogP contribution in [0.1, 0.15) is 32.1 Å². The molecule has 2 atom stereocenters. The highest BCUT2D eigenvalue weighted by Crippen LogP contribution is 2.31. The standard InChI is InChI=1S/C14H16FNO2S/c15-12-6-8-13(9-7-12)19(17,18)14-5-3-1-2-4-11(14)10-16/h6-9,11,14H,1-5H2. The van der Waals surface area contributed by atoms with E-state index >= 15 is 0 Å². The molecule has 1 aromatic carbocycles. The summed E-state index contributed by atoms with van der Waals surface area (Å²) in [7, 11) is -3.55. The van der Waals surface area contributed by atoms with Crippen LogP contribution < -0.4 is 0 Å². The number of hydrogen-bond acceptors (Lipinski definition) is 3. The van der Waals surface area contributed by atoms with E-state index in [2.05, 4.69) is 6.07 Å². The van der Waals surface area contributed by atoms with Gasteiger partial charge in [0.05, 0.1) is 22.1 Å². The summed E-state index contributed by atoms with van der Waals surface area (Å²) in [6.07, 6.45) is 3.82. The summed E-state index contributed by atoms with van der Waals surface area (Å²) in [5.74, 6) is -0.922. The van der Waals surface area contributed by atoms with Crippen LogP contribution in [-0.2, 0) is 9.84 Å². The number of nitriles is 1. The van der Waals surface area contributed by atoms with Gasteiger partial charge in [0.15, 0.2) is 9.84 Å². The Morgan fingerprint density at radius 2 is 1.74 bits per heavy atom. The summed E-state index contributed by atoms with van der Waals surface area (Å²) >= 11 is 0. The SMILES string of the molecule is N#CC1CCCCCC1S(=O)(=O)c1ccc(F)cc1. The van der Waals surface area contributed by atoms with E-state index in [1.54, 1.807) is 0 Å². The van der Waals surface area contributed by atoms with Crippen molar-refractivity contribution in [1.29, 1.82) is 5.26 Å². The van der Waals surface area contributed by atoms with Crippen LogP contribution in [0.3, 0.4) is 0 Å². The van der Waals surface area contributed by atoms with Gasteiger partial charge in [-0.1, -0.05) is 19.3 Å². The van der Waals surface area contributed by atoms with Gasteiger partial charge in [-0.2, -0.15) is 5.26 Å². The molecular formula is C14H16FNO2S. The van der Waals surface area contributed by atoms with Gasteiger partial charge in [-0.05, 0) is 37.1 Å². The average molecular weight is 281 g/mol. The number of nitrogens with zero attached hydrogens (tertiary/aromatic N) is 1. The fourth-order valence-corrected chi connectivity index (χ4v) is 4.56. The minimum Gasteiger partial charge on any atom is -0.223 e. The van der Waals surface area contributed by atoms with Crippen LogP contribution in [0.15, 0.2) is 29.2 Å². The van der Waals surface area contributed by atoms with Gasteiger partial charge in [0.25, 0.3) is 0 Å². The molecule has 1 aliphatic carbocycles. The molecule has 2 unspecified atom stereocenters. The largest absolute Gasteiger partial charge is 0.223 e. The minimum absolute atomic E-state index is 0.112. The summed E-state index contributed by atoms with van der Waals surface area (Å²) < 4.78 is 38.0. The van der Waals surface area contributed by atoms with E-state index < -0.39 is 26.8 Å². The molecule has 1 fully saturated rings. The molecule has 3 nitrogen and oxygen atoms in total. The van der Waals surface area contributed by atoms with E-state index in [1.165, 1.54) is 12.1 Å². The van der Waals surface area contributed by atoms with Crippen molar-refractivity contribution < 1.29 is 12.8 Å². The second-order valence-electron chi connectivity index (χ2n) is 4.91. The third-order valence-corrected chi connectivity index (χ3v) is 5.95. The zero-order valence-corrected chi connectivity index (χ0v) is 11.4. The topological polar surface area (TPSA) is 57.9 Å². The Labute approximate surface area is 113 Å².